The van der Waals surface area contributed by atoms with Gasteiger partial charge >= 0.3 is 0 Å². The summed E-state index contributed by atoms with van der Waals surface area (Å²) in [7, 11) is 0. The average Bonchev–Trinajstić information content (AvgIpc) is 2.50. The van der Waals surface area contributed by atoms with E-state index in [9.17, 15) is 0 Å². The zero-order chi connectivity index (χ0) is 15.1. The maximum absolute atomic E-state index is 6.26. The summed E-state index contributed by atoms with van der Waals surface area (Å²) in [5.41, 5.74) is 2.36. The molecule has 0 bridgehead atoms. The van der Waals surface area contributed by atoms with Crippen LogP contribution in [0.15, 0.2) is 48.5 Å². The second-order valence-electron chi connectivity index (χ2n) is 5.16. The van der Waals surface area contributed by atoms with Crippen LogP contribution >= 0.6 is 23.2 Å². The van der Waals surface area contributed by atoms with Crippen LogP contribution in [0, 0.1) is 0 Å². The maximum atomic E-state index is 6.26. The van der Waals surface area contributed by atoms with E-state index in [4.69, 9.17) is 23.2 Å². The minimum atomic E-state index is 0.332. The predicted octanol–water partition coefficient (Wildman–Crippen LogP) is 5.67. The van der Waals surface area contributed by atoms with Crippen molar-refractivity contribution < 1.29 is 0 Å². The monoisotopic (exact) mass is 321 g/mol. The molecule has 0 aliphatic heterocycles. The Morgan fingerprint density at radius 1 is 0.952 bits per heavy atom. The van der Waals surface area contributed by atoms with Crippen LogP contribution in [0.1, 0.15) is 36.9 Å². The molecule has 2 aromatic rings. The lowest BCUT2D eigenvalue weighted by atomic mass is 9.98. The Kier molecular flexibility index (Phi) is 6.56. The molecular weight excluding hydrogens is 301 g/mol. The van der Waals surface area contributed by atoms with Crippen LogP contribution in [0.5, 0.6) is 0 Å². The molecule has 0 saturated carbocycles. The Balaban J connectivity index is 2.09. The second kappa shape index (κ2) is 8.43. The first kappa shape index (κ1) is 16.4. The van der Waals surface area contributed by atoms with Crippen molar-refractivity contribution in [1.82, 2.24) is 5.32 Å². The fraction of sp³-hybridized carbons (Fsp3) is 0.333. The Bertz CT molecular complexity index is 534. The lowest BCUT2D eigenvalue weighted by Crippen LogP contribution is -2.22. The molecule has 0 aromatic heterocycles. The van der Waals surface area contributed by atoms with Crippen LogP contribution in [0.4, 0.5) is 0 Å². The lowest BCUT2D eigenvalue weighted by molar-refractivity contribution is 0.499. The van der Waals surface area contributed by atoms with Gasteiger partial charge in [-0.2, -0.15) is 0 Å². The van der Waals surface area contributed by atoms with Crippen molar-refractivity contribution >= 4 is 23.2 Å². The van der Waals surface area contributed by atoms with Crippen molar-refractivity contribution in [3.63, 3.8) is 0 Å². The quantitative estimate of drug-likeness (QED) is 0.693. The Morgan fingerprint density at radius 3 is 2.24 bits per heavy atom. The fourth-order valence-electron chi connectivity index (χ4n) is 2.45. The number of nitrogens with one attached hydrogen (secondary N) is 1. The van der Waals surface area contributed by atoms with Crippen LogP contribution in [0.25, 0.3) is 0 Å². The SMILES string of the molecule is CCCNC(CCc1c(Cl)cccc1Cl)c1ccccc1. The van der Waals surface area contributed by atoms with Crippen molar-refractivity contribution in [2.75, 3.05) is 6.54 Å². The van der Waals surface area contributed by atoms with E-state index in [2.05, 4.69) is 36.5 Å². The van der Waals surface area contributed by atoms with Crippen LogP contribution < -0.4 is 5.32 Å². The summed E-state index contributed by atoms with van der Waals surface area (Å²) in [5.74, 6) is 0. The van der Waals surface area contributed by atoms with Crippen molar-refractivity contribution in [3.8, 4) is 0 Å². The highest BCUT2D eigenvalue weighted by Gasteiger charge is 2.13. The van der Waals surface area contributed by atoms with E-state index in [1.54, 1.807) is 0 Å². The normalized spacial score (nSPS) is 12.3. The van der Waals surface area contributed by atoms with Gasteiger partial charge in [-0.25, -0.2) is 0 Å². The molecule has 1 unspecified atom stereocenters. The molecule has 0 saturated heterocycles. The third-order valence-electron chi connectivity index (χ3n) is 3.59. The molecule has 1 N–H and O–H groups in total. The van der Waals surface area contributed by atoms with Crippen molar-refractivity contribution in [2.24, 2.45) is 0 Å². The highest BCUT2D eigenvalue weighted by molar-refractivity contribution is 6.35. The molecule has 2 aromatic carbocycles. The standard InChI is InChI=1S/C18H21Cl2N/c1-2-13-21-18(14-7-4-3-5-8-14)12-11-15-16(19)9-6-10-17(15)20/h3-10,18,21H,2,11-13H2,1H3. The van der Waals surface area contributed by atoms with E-state index in [0.717, 1.165) is 41.4 Å². The van der Waals surface area contributed by atoms with E-state index < -0.39 is 0 Å². The Morgan fingerprint density at radius 2 is 1.62 bits per heavy atom. The lowest BCUT2D eigenvalue weighted by Gasteiger charge is -2.19. The smallest absolute Gasteiger partial charge is 0.0452 e. The van der Waals surface area contributed by atoms with Crippen LogP contribution in [-0.4, -0.2) is 6.54 Å². The molecule has 0 radical (unpaired) electrons. The largest absolute Gasteiger partial charge is 0.310 e. The maximum Gasteiger partial charge on any atom is 0.0452 e. The molecule has 0 aliphatic rings. The molecule has 0 fully saturated rings. The van der Waals surface area contributed by atoms with Crippen molar-refractivity contribution in [2.45, 2.75) is 32.2 Å². The third kappa shape index (κ3) is 4.74. The minimum Gasteiger partial charge on any atom is -0.310 e. The number of rotatable bonds is 7. The third-order valence-corrected chi connectivity index (χ3v) is 4.30. The van der Waals surface area contributed by atoms with Gasteiger partial charge in [-0.05, 0) is 49.1 Å². The molecule has 112 valence electrons. The molecule has 3 heteroatoms. The summed E-state index contributed by atoms with van der Waals surface area (Å²) in [6.07, 6.45) is 2.97. The molecule has 0 aliphatic carbocycles. The first-order valence-corrected chi connectivity index (χ1v) is 8.19. The van der Waals surface area contributed by atoms with E-state index in [1.807, 2.05) is 24.3 Å². The molecule has 0 amide bonds. The Hall–Kier alpha value is -1.02. The topological polar surface area (TPSA) is 12.0 Å². The summed E-state index contributed by atoms with van der Waals surface area (Å²) in [4.78, 5) is 0. The Labute approximate surface area is 137 Å². The summed E-state index contributed by atoms with van der Waals surface area (Å²) in [5, 5.41) is 5.12. The summed E-state index contributed by atoms with van der Waals surface area (Å²) < 4.78 is 0. The molecule has 21 heavy (non-hydrogen) atoms. The highest BCUT2D eigenvalue weighted by Crippen LogP contribution is 2.28. The van der Waals surface area contributed by atoms with Gasteiger partial charge in [0, 0.05) is 16.1 Å². The van der Waals surface area contributed by atoms with Gasteiger partial charge in [0.1, 0.15) is 0 Å². The average molecular weight is 322 g/mol. The predicted molar refractivity (Wildman–Crippen MR) is 92.3 cm³/mol. The van der Waals surface area contributed by atoms with E-state index in [1.165, 1.54) is 5.56 Å². The zero-order valence-electron chi connectivity index (χ0n) is 12.3. The van der Waals surface area contributed by atoms with Gasteiger partial charge in [0.25, 0.3) is 0 Å². The minimum absolute atomic E-state index is 0.332. The van der Waals surface area contributed by atoms with Gasteiger partial charge in [0.2, 0.25) is 0 Å². The molecule has 2 rings (SSSR count). The highest BCUT2D eigenvalue weighted by atomic mass is 35.5. The van der Waals surface area contributed by atoms with Crippen LogP contribution in [0.2, 0.25) is 10.0 Å². The number of hydrogen-bond acceptors (Lipinski definition) is 1. The van der Waals surface area contributed by atoms with Gasteiger partial charge in [-0.3, -0.25) is 0 Å². The fourth-order valence-corrected chi connectivity index (χ4v) is 3.04. The van der Waals surface area contributed by atoms with E-state index >= 15 is 0 Å². The molecule has 0 heterocycles. The van der Waals surface area contributed by atoms with E-state index in [0.29, 0.717) is 6.04 Å². The summed E-state index contributed by atoms with van der Waals surface area (Å²) in [6, 6.07) is 16.6. The number of benzene rings is 2. The molecular formula is C18H21Cl2N. The van der Waals surface area contributed by atoms with Gasteiger partial charge in [0.05, 0.1) is 0 Å². The van der Waals surface area contributed by atoms with Gasteiger partial charge in [-0.1, -0.05) is 66.5 Å². The van der Waals surface area contributed by atoms with Crippen molar-refractivity contribution in [3.05, 3.63) is 69.7 Å². The first-order chi connectivity index (χ1) is 10.2. The van der Waals surface area contributed by atoms with E-state index in [-0.39, 0.29) is 0 Å². The number of halogens is 2. The van der Waals surface area contributed by atoms with Gasteiger partial charge < -0.3 is 5.32 Å². The second-order valence-corrected chi connectivity index (χ2v) is 5.97. The molecule has 0 spiro atoms. The zero-order valence-corrected chi connectivity index (χ0v) is 13.8. The number of hydrogen-bond donors (Lipinski definition) is 1. The van der Waals surface area contributed by atoms with Crippen molar-refractivity contribution in [1.29, 1.82) is 0 Å². The molecule has 1 atom stereocenters. The molecule has 1 nitrogen and oxygen atoms in total. The van der Waals surface area contributed by atoms with Gasteiger partial charge in [0.15, 0.2) is 0 Å². The summed E-state index contributed by atoms with van der Waals surface area (Å²) >= 11 is 12.5. The van der Waals surface area contributed by atoms with Gasteiger partial charge in [-0.15, -0.1) is 0 Å². The van der Waals surface area contributed by atoms with Crippen LogP contribution in [-0.2, 0) is 6.42 Å². The van der Waals surface area contributed by atoms with Crippen LogP contribution in [0.3, 0.4) is 0 Å². The summed E-state index contributed by atoms with van der Waals surface area (Å²) in [6.45, 7) is 3.19. The first-order valence-electron chi connectivity index (χ1n) is 7.43.